The molecule has 0 unspecified atom stereocenters. The van der Waals surface area contributed by atoms with E-state index < -0.39 is 0 Å². The van der Waals surface area contributed by atoms with Gasteiger partial charge in [0.15, 0.2) is 0 Å². The molecule has 3 aromatic carbocycles. The van der Waals surface area contributed by atoms with Crippen molar-refractivity contribution in [2.75, 3.05) is 0 Å². The summed E-state index contributed by atoms with van der Waals surface area (Å²) in [7, 11) is 0. The molecule has 0 radical (unpaired) electrons. The van der Waals surface area contributed by atoms with Gasteiger partial charge in [-0.15, -0.1) is 0 Å². The molecule has 0 bridgehead atoms. The van der Waals surface area contributed by atoms with Gasteiger partial charge in [0, 0.05) is 33.5 Å². The van der Waals surface area contributed by atoms with Crippen molar-refractivity contribution >= 4 is 21.9 Å². The Balaban J connectivity index is 1.83. The minimum absolute atomic E-state index is 0.0531. The predicted molar refractivity (Wildman–Crippen MR) is 133 cm³/mol. The van der Waals surface area contributed by atoms with Crippen molar-refractivity contribution in [3.05, 3.63) is 89.1 Å². The third-order valence-corrected chi connectivity index (χ3v) is 7.24. The first-order chi connectivity index (χ1) is 15.4. The molecule has 6 rings (SSSR count). The Morgan fingerprint density at radius 1 is 0.844 bits per heavy atom. The fourth-order valence-corrected chi connectivity index (χ4v) is 5.58. The molecule has 0 N–H and O–H groups in total. The van der Waals surface area contributed by atoms with Crippen LogP contribution in [-0.2, 0) is 5.41 Å². The van der Waals surface area contributed by atoms with Crippen LogP contribution in [-0.4, -0.2) is 4.98 Å². The van der Waals surface area contributed by atoms with Crippen LogP contribution in [0.15, 0.2) is 71.3 Å². The molecule has 0 amide bonds. The molecule has 0 fully saturated rings. The quantitative estimate of drug-likeness (QED) is 0.288. The molecule has 1 aliphatic carbocycles. The average molecular weight is 418 g/mol. The lowest BCUT2D eigenvalue weighted by atomic mass is 9.80. The molecule has 2 heteroatoms. The first-order valence-electron chi connectivity index (χ1n) is 11.4. The third kappa shape index (κ3) is 2.44. The maximum Gasteiger partial charge on any atom is 0.145 e. The van der Waals surface area contributed by atoms with Gasteiger partial charge in [0.1, 0.15) is 11.2 Å². The molecule has 0 spiro atoms. The molecule has 0 saturated carbocycles. The van der Waals surface area contributed by atoms with E-state index in [0.717, 1.165) is 22.4 Å². The Kier molecular flexibility index (Phi) is 3.96. The van der Waals surface area contributed by atoms with Crippen LogP contribution < -0.4 is 0 Å². The Morgan fingerprint density at radius 3 is 2.38 bits per heavy atom. The number of nitrogens with zero attached hydrogens (tertiary/aromatic N) is 1. The van der Waals surface area contributed by atoms with Crippen LogP contribution in [0.4, 0.5) is 0 Å². The van der Waals surface area contributed by atoms with Gasteiger partial charge in [0.25, 0.3) is 0 Å². The second kappa shape index (κ2) is 6.56. The van der Waals surface area contributed by atoms with E-state index in [0.29, 0.717) is 5.92 Å². The molecular weight excluding hydrogens is 390 g/mol. The van der Waals surface area contributed by atoms with E-state index in [4.69, 9.17) is 4.42 Å². The van der Waals surface area contributed by atoms with Gasteiger partial charge in [-0.05, 0) is 52.8 Å². The van der Waals surface area contributed by atoms with E-state index in [1.807, 2.05) is 18.3 Å². The number of hydrogen-bond acceptors (Lipinski definition) is 2. The van der Waals surface area contributed by atoms with Gasteiger partial charge < -0.3 is 4.42 Å². The smallest absolute Gasteiger partial charge is 0.145 e. The normalized spacial score (nSPS) is 14.3. The standard InChI is InChI=1S/C30H27NO/c1-17(2)21-16-23-27(19-10-6-7-11-22(19)30(23,4)5)29-26(21)20-14-13-18(3)25(28(20)32-29)24-12-8-9-15-31-24/h6-17H,1-5H3. The summed E-state index contributed by atoms with van der Waals surface area (Å²) >= 11 is 0. The number of hydrogen-bond donors (Lipinski definition) is 0. The summed E-state index contributed by atoms with van der Waals surface area (Å²) in [6.45, 7) is 11.4. The summed E-state index contributed by atoms with van der Waals surface area (Å²) < 4.78 is 6.86. The van der Waals surface area contributed by atoms with Gasteiger partial charge in [-0.1, -0.05) is 76.2 Å². The van der Waals surface area contributed by atoms with Gasteiger partial charge >= 0.3 is 0 Å². The lowest BCUT2D eigenvalue weighted by Crippen LogP contribution is -2.15. The molecule has 2 aromatic heterocycles. The van der Waals surface area contributed by atoms with Gasteiger partial charge in [0.2, 0.25) is 0 Å². The van der Waals surface area contributed by atoms with Crippen molar-refractivity contribution in [3.8, 4) is 22.4 Å². The van der Waals surface area contributed by atoms with E-state index in [1.54, 1.807) is 0 Å². The number of pyridine rings is 1. The van der Waals surface area contributed by atoms with Crippen LogP contribution >= 0.6 is 0 Å². The number of benzene rings is 3. The molecule has 2 nitrogen and oxygen atoms in total. The highest BCUT2D eigenvalue weighted by molar-refractivity contribution is 6.16. The van der Waals surface area contributed by atoms with Crippen molar-refractivity contribution in [3.63, 3.8) is 0 Å². The Hall–Kier alpha value is -3.39. The molecular formula is C30H27NO. The highest BCUT2D eigenvalue weighted by Gasteiger charge is 2.38. The van der Waals surface area contributed by atoms with E-state index >= 15 is 0 Å². The lowest BCUT2D eigenvalue weighted by molar-refractivity contribution is 0.651. The summed E-state index contributed by atoms with van der Waals surface area (Å²) in [6.07, 6.45) is 1.85. The summed E-state index contributed by atoms with van der Waals surface area (Å²) in [6, 6.07) is 21.7. The Bertz CT molecular complexity index is 1520. The summed E-state index contributed by atoms with van der Waals surface area (Å²) in [5, 5.41) is 2.43. The molecule has 5 aromatic rings. The van der Waals surface area contributed by atoms with E-state index in [2.05, 4.69) is 88.1 Å². The summed E-state index contributed by atoms with van der Waals surface area (Å²) in [4.78, 5) is 4.66. The monoisotopic (exact) mass is 417 g/mol. The highest BCUT2D eigenvalue weighted by Crippen LogP contribution is 2.54. The van der Waals surface area contributed by atoms with E-state index in [-0.39, 0.29) is 5.41 Å². The lowest BCUT2D eigenvalue weighted by Gasteiger charge is -2.22. The first kappa shape index (κ1) is 19.3. The Morgan fingerprint density at radius 2 is 1.62 bits per heavy atom. The van der Waals surface area contributed by atoms with Crippen LogP contribution in [0.1, 0.15) is 55.9 Å². The minimum atomic E-state index is -0.0531. The maximum absolute atomic E-state index is 6.86. The van der Waals surface area contributed by atoms with Crippen molar-refractivity contribution in [2.45, 2.75) is 46.0 Å². The van der Waals surface area contributed by atoms with Crippen molar-refractivity contribution in [2.24, 2.45) is 0 Å². The zero-order chi connectivity index (χ0) is 22.2. The number of aromatic nitrogens is 1. The van der Waals surface area contributed by atoms with Gasteiger partial charge in [-0.2, -0.15) is 0 Å². The van der Waals surface area contributed by atoms with Crippen molar-refractivity contribution < 1.29 is 4.42 Å². The number of furan rings is 1. The Labute approximate surface area is 188 Å². The van der Waals surface area contributed by atoms with Gasteiger partial charge in [-0.3, -0.25) is 4.98 Å². The second-order valence-electron chi connectivity index (χ2n) is 9.87. The largest absolute Gasteiger partial charge is 0.455 e. The van der Waals surface area contributed by atoms with E-state index in [9.17, 15) is 0 Å². The van der Waals surface area contributed by atoms with E-state index in [1.165, 1.54) is 44.2 Å². The van der Waals surface area contributed by atoms with Crippen molar-refractivity contribution in [1.29, 1.82) is 0 Å². The van der Waals surface area contributed by atoms with Gasteiger partial charge in [-0.25, -0.2) is 0 Å². The zero-order valence-electron chi connectivity index (χ0n) is 19.3. The molecule has 158 valence electrons. The second-order valence-corrected chi connectivity index (χ2v) is 9.87. The van der Waals surface area contributed by atoms with Crippen LogP contribution in [0.5, 0.6) is 0 Å². The predicted octanol–water partition coefficient (Wildman–Crippen LogP) is 8.39. The molecule has 0 atom stereocenters. The molecule has 32 heavy (non-hydrogen) atoms. The van der Waals surface area contributed by atoms with Crippen LogP contribution in [0.2, 0.25) is 0 Å². The number of fused-ring (bicyclic) bond motifs is 7. The number of aryl methyl sites for hydroxylation is 1. The highest BCUT2D eigenvalue weighted by atomic mass is 16.3. The average Bonchev–Trinajstić information content (AvgIpc) is 3.27. The minimum Gasteiger partial charge on any atom is -0.455 e. The maximum atomic E-state index is 6.86. The SMILES string of the molecule is Cc1ccc2c(oc3c4c(cc(C(C)C)c32)C(C)(C)c2ccccc2-4)c1-c1ccccn1. The topological polar surface area (TPSA) is 26.0 Å². The third-order valence-electron chi connectivity index (χ3n) is 7.24. The molecule has 1 aliphatic rings. The fraction of sp³-hybridized carbons (Fsp3) is 0.233. The van der Waals surface area contributed by atoms with Crippen LogP contribution in [0.3, 0.4) is 0 Å². The molecule has 0 saturated heterocycles. The fourth-order valence-electron chi connectivity index (χ4n) is 5.58. The van der Waals surface area contributed by atoms with Crippen LogP contribution in [0, 0.1) is 6.92 Å². The zero-order valence-corrected chi connectivity index (χ0v) is 19.3. The van der Waals surface area contributed by atoms with Crippen LogP contribution in [0.25, 0.3) is 44.3 Å². The number of rotatable bonds is 2. The summed E-state index contributed by atoms with van der Waals surface area (Å²) in [5.74, 6) is 0.391. The molecule has 0 aliphatic heterocycles. The molecule has 2 heterocycles. The van der Waals surface area contributed by atoms with Crippen molar-refractivity contribution in [1.82, 2.24) is 4.98 Å². The summed E-state index contributed by atoms with van der Waals surface area (Å²) in [5.41, 5.74) is 11.8. The first-order valence-corrected chi connectivity index (χ1v) is 11.4. The van der Waals surface area contributed by atoms with Gasteiger partial charge in [0.05, 0.1) is 5.69 Å².